The Balaban J connectivity index is 7.19. The van der Waals surface area contributed by atoms with E-state index >= 15 is 0 Å². The van der Waals surface area contributed by atoms with E-state index in [1.165, 1.54) is 0 Å². The van der Waals surface area contributed by atoms with Crippen molar-refractivity contribution < 1.29 is 17.6 Å². The molecule has 0 aliphatic rings. The molecule has 0 saturated carbocycles. The van der Waals surface area contributed by atoms with Gasteiger partial charge in [-0.15, -0.1) is 0 Å². The number of hydrogen-bond acceptors (Lipinski definition) is 4. The van der Waals surface area contributed by atoms with E-state index in [9.17, 15) is 0 Å². The van der Waals surface area contributed by atoms with Crippen molar-refractivity contribution in [3.05, 3.63) is 0 Å². The quantitative estimate of drug-likeness (QED) is 0.642. The summed E-state index contributed by atoms with van der Waals surface area (Å²) in [6, 6.07) is 0. The Kier molecular flexibility index (Phi) is 7.69. The van der Waals surface area contributed by atoms with Crippen LogP contribution in [-0.2, 0) is 17.6 Å². The molecule has 0 radical (unpaired) electrons. The summed E-state index contributed by atoms with van der Waals surface area (Å²) >= 11 is -3.13. The summed E-state index contributed by atoms with van der Waals surface area (Å²) in [7, 11) is 9.15. The van der Waals surface area contributed by atoms with Crippen LogP contribution in [0.5, 0.6) is 0 Å². The zero-order valence-electron chi connectivity index (χ0n) is 20.3. The van der Waals surface area contributed by atoms with Gasteiger partial charge in [-0.2, -0.15) is 0 Å². The molecule has 5 heteroatoms. The normalized spacial score (nSPS) is 15.8. The van der Waals surface area contributed by atoms with E-state index in [1.807, 2.05) is 0 Å². The Morgan fingerprint density at radius 2 is 0.560 bits per heavy atom. The van der Waals surface area contributed by atoms with E-state index in [0.29, 0.717) is 0 Å². The van der Waals surface area contributed by atoms with Crippen LogP contribution >= 0.6 is 0 Å². The Morgan fingerprint density at radius 1 is 0.400 bits per heavy atom. The van der Waals surface area contributed by atoms with E-state index in [-0.39, 0.29) is 22.2 Å². The molecule has 0 aliphatic heterocycles. The Hall–Kier alpha value is 0.554. The average Bonchev–Trinajstić information content (AvgIpc) is 2.18. The molecule has 0 rings (SSSR count). The first kappa shape index (κ1) is 25.6. The number of nitrogens with zero attached hydrogens (tertiary/aromatic N) is 4. The second-order valence-corrected chi connectivity index (χ2v) is 17.8. The van der Waals surface area contributed by atoms with E-state index in [0.717, 1.165) is 0 Å². The zero-order valence-corrected chi connectivity index (χ0v) is 21.9. The molecule has 0 aromatic heterocycles. The van der Waals surface area contributed by atoms with Gasteiger partial charge in [0, 0.05) is 0 Å². The molecule has 0 amide bonds. The van der Waals surface area contributed by atoms with Gasteiger partial charge in [-0.1, -0.05) is 0 Å². The fourth-order valence-corrected chi connectivity index (χ4v) is 14.8. The van der Waals surface area contributed by atoms with Crippen molar-refractivity contribution in [2.24, 2.45) is 0 Å². The molecule has 0 spiro atoms. The van der Waals surface area contributed by atoms with Gasteiger partial charge in [0.25, 0.3) is 0 Å². The van der Waals surface area contributed by atoms with Crippen LogP contribution in [0, 0.1) is 0 Å². The summed E-state index contributed by atoms with van der Waals surface area (Å²) in [5.74, 6) is 0. The molecule has 0 bridgehead atoms. The van der Waals surface area contributed by atoms with Crippen LogP contribution in [0.1, 0.15) is 83.1 Å². The van der Waals surface area contributed by atoms with Gasteiger partial charge in [0.1, 0.15) is 0 Å². The molecular formula is C20H48N4Ti. The summed E-state index contributed by atoms with van der Waals surface area (Å²) in [4.78, 5) is 0. The molecule has 0 N–H and O–H groups in total. The number of rotatable bonds is 4. The van der Waals surface area contributed by atoms with Crippen LogP contribution in [0.3, 0.4) is 0 Å². The second kappa shape index (κ2) is 7.52. The minimum absolute atomic E-state index is 0.0571. The third-order valence-electron chi connectivity index (χ3n) is 4.48. The first-order valence-electron chi connectivity index (χ1n) is 9.58. The molecule has 0 aromatic carbocycles. The van der Waals surface area contributed by atoms with E-state index in [1.54, 1.807) is 0 Å². The van der Waals surface area contributed by atoms with Gasteiger partial charge in [-0.25, -0.2) is 0 Å². The van der Waals surface area contributed by atoms with Gasteiger partial charge in [0.2, 0.25) is 0 Å². The monoisotopic (exact) mass is 392 g/mol. The van der Waals surface area contributed by atoms with E-state index in [2.05, 4.69) is 125 Å². The van der Waals surface area contributed by atoms with Crippen molar-refractivity contribution in [1.82, 2.24) is 13.5 Å². The van der Waals surface area contributed by atoms with Crippen molar-refractivity contribution in [2.75, 3.05) is 28.2 Å². The Labute approximate surface area is 164 Å². The summed E-state index contributed by atoms with van der Waals surface area (Å²) < 4.78 is 10.8. The molecule has 25 heavy (non-hydrogen) atoms. The molecule has 0 atom stereocenters. The molecule has 0 fully saturated rings. The second-order valence-electron chi connectivity index (χ2n) is 11.7. The fraction of sp³-hybridized carbons (Fsp3) is 1.00. The molecular weight excluding hydrogens is 344 g/mol. The third kappa shape index (κ3) is 5.30. The molecule has 0 aliphatic carbocycles. The first-order chi connectivity index (χ1) is 10.6. The van der Waals surface area contributed by atoms with Crippen LogP contribution in [-0.4, -0.2) is 63.9 Å². The number of hydrogen-bond donors (Lipinski definition) is 0. The van der Waals surface area contributed by atoms with Crippen LogP contribution in [0.15, 0.2) is 0 Å². The van der Waals surface area contributed by atoms with Crippen molar-refractivity contribution in [1.29, 1.82) is 0 Å². The van der Waals surface area contributed by atoms with Gasteiger partial charge in [0.05, 0.1) is 0 Å². The zero-order chi connectivity index (χ0) is 20.8. The van der Waals surface area contributed by atoms with Crippen LogP contribution in [0.2, 0.25) is 0 Å². The predicted octanol–water partition coefficient (Wildman–Crippen LogP) is 4.72. The van der Waals surface area contributed by atoms with Crippen LogP contribution in [0.4, 0.5) is 0 Å². The molecule has 0 saturated heterocycles. The maximum atomic E-state index is 2.84. The maximum absolute atomic E-state index is 3.13. The van der Waals surface area contributed by atoms with Gasteiger partial charge in [-0.05, 0) is 0 Å². The van der Waals surface area contributed by atoms with Crippen LogP contribution in [0.25, 0.3) is 0 Å². The molecule has 152 valence electrons. The summed E-state index contributed by atoms with van der Waals surface area (Å²) in [6.07, 6.45) is 0. The first-order valence-corrected chi connectivity index (χ1v) is 12.4. The van der Waals surface area contributed by atoms with Crippen molar-refractivity contribution >= 4 is 0 Å². The summed E-state index contributed by atoms with van der Waals surface area (Å²) in [5.41, 5.74) is 0.228. The van der Waals surface area contributed by atoms with Gasteiger partial charge < -0.3 is 0 Å². The fourth-order valence-electron chi connectivity index (χ4n) is 5.11. The Morgan fingerprint density at radius 3 is 0.640 bits per heavy atom. The topological polar surface area (TPSA) is 13.0 Å². The Bertz CT molecular complexity index is 361. The van der Waals surface area contributed by atoms with E-state index in [4.69, 9.17) is 0 Å². The minimum atomic E-state index is -3.13. The summed E-state index contributed by atoms with van der Waals surface area (Å²) in [5, 5.41) is 0. The summed E-state index contributed by atoms with van der Waals surface area (Å²) in [6.45, 7) is 28.4. The molecule has 0 aromatic rings. The van der Waals surface area contributed by atoms with Crippen LogP contribution < -0.4 is 0 Å². The van der Waals surface area contributed by atoms with Crippen molar-refractivity contribution in [3.8, 4) is 0 Å². The average molecular weight is 392 g/mol. The van der Waals surface area contributed by atoms with Gasteiger partial charge in [-0.3, -0.25) is 0 Å². The van der Waals surface area contributed by atoms with Gasteiger partial charge in [0.15, 0.2) is 0 Å². The standard InChI is InChI=1S/2C8H18N.2C2H6N.Ti/c2*1-7(2,3)9-8(4,5)6;2*1-3-2;/h2*1-6H3;2*1-2H3;/q4*-1;+4. The molecule has 4 nitrogen and oxygen atoms in total. The third-order valence-corrected chi connectivity index (χ3v) is 14.3. The van der Waals surface area contributed by atoms with E-state index < -0.39 is 17.6 Å². The molecule has 0 heterocycles. The molecule has 0 unspecified atom stereocenters. The van der Waals surface area contributed by atoms with Gasteiger partial charge >= 0.3 is 165 Å². The van der Waals surface area contributed by atoms with Crippen molar-refractivity contribution in [3.63, 3.8) is 0 Å². The SMILES string of the molecule is C[N](C)[Ti]([N](C)C)([N](C(C)(C)C)C(C)(C)C)[N](C(C)(C)C)C(C)(C)C. The van der Waals surface area contributed by atoms with Crippen molar-refractivity contribution in [2.45, 2.75) is 105 Å². The predicted molar refractivity (Wildman–Crippen MR) is 110 cm³/mol.